The number of hydrogen-bond donors (Lipinski definition) is 3. The van der Waals surface area contributed by atoms with Crippen LogP contribution < -0.4 is 11.1 Å². The summed E-state index contributed by atoms with van der Waals surface area (Å²) in [6.45, 7) is -0.156. The maximum atomic E-state index is 12.1. The molecule has 0 fully saturated rings. The Bertz CT molecular complexity index is 636. The van der Waals surface area contributed by atoms with Crippen LogP contribution in [0.4, 0.5) is 5.69 Å². The van der Waals surface area contributed by atoms with Crippen LogP contribution in [0.5, 0.6) is 0 Å². The normalized spacial score (nSPS) is 10.1. The summed E-state index contributed by atoms with van der Waals surface area (Å²) >= 11 is 0. The molecule has 0 aliphatic carbocycles. The first-order valence-electron chi connectivity index (χ1n) is 6.02. The second-order valence-electron chi connectivity index (χ2n) is 4.21. The monoisotopic (exact) mass is 270 g/mol. The summed E-state index contributed by atoms with van der Waals surface area (Å²) in [7, 11) is 0. The highest BCUT2D eigenvalue weighted by Gasteiger charge is 2.09. The van der Waals surface area contributed by atoms with Crippen LogP contribution in [0.2, 0.25) is 0 Å². The highest BCUT2D eigenvalue weighted by atomic mass is 16.3. The lowest BCUT2D eigenvalue weighted by atomic mass is 10.1. The van der Waals surface area contributed by atoms with Crippen LogP contribution in [-0.4, -0.2) is 16.9 Å². The topological polar surface area (TPSA) is 92.4 Å². The predicted molar refractivity (Wildman–Crippen MR) is 75.3 cm³/mol. The number of para-hydroxylation sites is 1. The number of amides is 2. The molecule has 0 aliphatic rings. The molecule has 4 N–H and O–H groups in total. The Morgan fingerprint density at radius 3 is 2.20 bits per heavy atom. The van der Waals surface area contributed by atoms with Crippen LogP contribution in [0, 0.1) is 0 Å². The van der Waals surface area contributed by atoms with Crippen LogP contribution in [0.3, 0.4) is 0 Å². The lowest BCUT2D eigenvalue weighted by Gasteiger charge is -2.09. The summed E-state index contributed by atoms with van der Waals surface area (Å²) in [5.74, 6) is -0.857. The summed E-state index contributed by atoms with van der Waals surface area (Å²) in [5.41, 5.74) is 7.07. The number of carbonyl (C=O) groups excluding carboxylic acids is 2. The lowest BCUT2D eigenvalue weighted by molar-refractivity contribution is 0.0995. The Hall–Kier alpha value is -2.66. The zero-order valence-electron chi connectivity index (χ0n) is 10.7. The van der Waals surface area contributed by atoms with Crippen molar-refractivity contribution in [3.05, 3.63) is 65.2 Å². The number of nitrogens with two attached hydrogens (primary N) is 1. The average molecular weight is 270 g/mol. The molecule has 2 rings (SSSR count). The van der Waals surface area contributed by atoms with Gasteiger partial charge in [-0.15, -0.1) is 0 Å². The molecule has 0 bridgehead atoms. The van der Waals surface area contributed by atoms with E-state index < -0.39 is 5.91 Å². The molecular formula is C15H14N2O3. The standard InChI is InChI=1S/C15H14N2O3/c16-14(19)10-5-7-11(8-6-10)15(20)17-13-4-2-1-3-12(13)9-18/h1-8,18H,9H2,(H2,16,19)(H,17,20). The summed E-state index contributed by atoms with van der Waals surface area (Å²) in [4.78, 5) is 23.0. The number of hydrogen-bond acceptors (Lipinski definition) is 3. The third-order valence-corrected chi connectivity index (χ3v) is 2.87. The van der Waals surface area contributed by atoms with Crippen molar-refractivity contribution >= 4 is 17.5 Å². The smallest absolute Gasteiger partial charge is 0.255 e. The first kappa shape index (κ1) is 13.8. The van der Waals surface area contributed by atoms with Crippen LogP contribution in [0.1, 0.15) is 26.3 Å². The average Bonchev–Trinajstić information content (AvgIpc) is 2.48. The van der Waals surface area contributed by atoms with Gasteiger partial charge in [-0.3, -0.25) is 9.59 Å². The van der Waals surface area contributed by atoms with Crippen LogP contribution in [0.15, 0.2) is 48.5 Å². The van der Waals surface area contributed by atoms with Gasteiger partial charge in [-0.2, -0.15) is 0 Å². The minimum absolute atomic E-state index is 0.156. The molecule has 0 aromatic heterocycles. The number of carbonyl (C=O) groups is 2. The zero-order chi connectivity index (χ0) is 14.5. The van der Waals surface area contributed by atoms with Gasteiger partial charge >= 0.3 is 0 Å². The molecule has 5 nitrogen and oxygen atoms in total. The highest BCUT2D eigenvalue weighted by molar-refractivity contribution is 6.05. The van der Waals surface area contributed by atoms with E-state index in [9.17, 15) is 14.7 Å². The third-order valence-electron chi connectivity index (χ3n) is 2.87. The van der Waals surface area contributed by atoms with Crippen molar-refractivity contribution in [1.82, 2.24) is 0 Å². The Morgan fingerprint density at radius 1 is 1.00 bits per heavy atom. The van der Waals surface area contributed by atoms with E-state index in [0.717, 1.165) is 0 Å². The van der Waals surface area contributed by atoms with E-state index in [1.165, 1.54) is 24.3 Å². The second-order valence-corrected chi connectivity index (χ2v) is 4.21. The summed E-state index contributed by atoms with van der Waals surface area (Å²) in [5, 5.41) is 11.9. The van der Waals surface area contributed by atoms with Gasteiger partial charge in [0.2, 0.25) is 5.91 Å². The molecule has 0 heterocycles. The SMILES string of the molecule is NC(=O)c1ccc(C(=O)Nc2ccccc2CO)cc1. The van der Waals surface area contributed by atoms with E-state index in [0.29, 0.717) is 22.4 Å². The van der Waals surface area contributed by atoms with E-state index in [4.69, 9.17) is 5.73 Å². The van der Waals surface area contributed by atoms with Crippen LogP contribution in [0.25, 0.3) is 0 Å². The molecule has 2 aromatic carbocycles. The Kier molecular flexibility index (Phi) is 4.12. The fourth-order valence-corrected chi connectivity index (χ4v) is 1.76. The molecule has 5 heteroatoms. The molecule has 0 aliphatic heterocycles. The number of aliphatic hydroxyl groups excluding tert-OH is 1. The Labute approximate surface area is 116 Å². The minimum Gasteiger partial charge on any atom is -0.392 e. The van der Waals surface area contributed by atoms with Crippen molar-refractivity contribution in [2.24, 2.45) is 5.73 Å². The van der Waals surface area contributed by atoms with Crippen molar-refractivity contribution in [2.45, 2.75) is 6.61 Å². The number of nitrogens with one attached hydrogen (secondary N) is 1. The van der Waals surface area contributed by atoms with Gasteiger partial charge in [0.1, 0.15) is 0 Å². The molecule has 0 saturated heterocycles. The first-order chi connectivity index (χ1) is 9.61. The molecule has 102 valence electrons. The largest absolute Gasteiger partial charge is 0.392 e. The quantitative estimate of drug-likeness (QED) is 0.786. The van der Waals surface area contributed by atoms with Gasteiger partial charge in [0.15, 0.2) is 0 Å². The maximum Gasteiger partial charge on any atom is 0.255 e. The van der Waals surface area contributed by atoms with Gasteiger partial charge in [0.05, 0.1) is 6.61 Å². The molecule has 2 aromatic rings. The van der Waals surface area contributed by atoms with Gasteiger partial charge in [-0.05, 0) is 30.3 Å². The fraction of sp³-hybridized carbons (Fsp3) is 0.0667. The molecule has 0 spiro atoms. The van der Waals surface area contributed by atoms with E-state index in [1.54, 1.807) is 24.3 Å². The van der Waals surface area contributed by atoms with Crippen molar-refractivity contribution in [2.75, 3.05) is 5.32 Å². The minimum atomic E-state index is -0.539. The summed E-state index contributed by atoms with van der Waals surface area (Å²) < 4.78 is 0. The van der Waals surface area contributed by atoms with E-state index in [2.05, 4.69) is 5.32 Å². The zero-order valence-corrected chi connectivity index (χ0v) is 10.7. The number of primary amides is 1. The molecule has 0 unspecified atom stereocenters. The van der Waals surface area contributed by atoms with Gasteiger partial charge in [-0.1, -0.05) is 18.2 Å². The number of anilines is 1. The number of rotatable bonds is 4. The molecular weight excluding hydrogens is 256 g/mol. The van der Waals surface area contributed by atoms with Crippen molar-refractivity contribution < 1.29 is 14.7 Å². The molecule has 0 saturated carbocycles. The molecule has 0 radical (unpaired) electrons. The highest BCUT2D eigenvalue weighted by Crippen LogP contribution is 2.16. The second kappa shape index (κ2) is 5.99. The van der Waals surface area contributed by atoms with Gasteiger partial charge < -0.3 is 16.2 Å². The lowest BCUT2D eigenvalue weighted by Crippen LogP contribution is -2.15. The van der Waals surface area contributed by atoms with Crippen LogP contribution >= 0.6 is 0 Å². The fourth-order valence-electron chi connectivity index (χ4n) is 1.76. The predicted octanol–water partition coefficient (Wildman–Crippen LogP) is 1.53. The molecule has 0 atom stereocenters. The maximum absolute atomic E-state index is 12.1. The third kappa shape index (κ3) is 3.02. The summed E-state index contributed by atoms with van der Waals surface area (Å²) in [6, 6.07) is 13.0. The summed E-state index contributed by atoms with van der Waals surface area (Å²) in [6.07, 6.45) is 0. The van der Waals surface area contributed by atoms with Crippen LogP contribution in [-0.2, 0) is 6.61 Å². The molecule has 20 heavy (non-hydrogen) atoms. The number of aliphatic hydroxyl groups is 1. The van der Waals surface area contributed by atoms with E-state index in [1.807, 2.05) is 0 Å². The van der Waals surface area contributed by atoms with Gasteiger partial charge in [-0.25, -0.2) is 0 Å². The van der Waals surface area contributed by atoms with Gasteiger partial charge in [0, 0.05) is 22.4 Å². The van der Waals surface area contributed by atoms with Gasteiger partial charge in [0.25, 0.3) is 5.91 Å². The first-order valence-corrected chi connectivity index (χ1v) is 6.02. The molecule has 2 amide bonds. The Balaban J connectivity index is 2.17. The van der Waals surface area contributed by atoms with E-state index in [-0.39, 0.29) is 12.5 Å². The van der Waals surface area contributed by atoms with Crippen molar-refractivity contribution in [1.29, 1.82) is 0 Å². The van der Waals surface area contributed by atoms with E-state index >= 15 is 0 Å². The Morgan fingerprint density at radius 2 is 1.60 bits per heavy atom. The number of benzene rings is 2. The van der Waals surface area contributed by atoms with Crippen molar-refractivity contribution in [3.63, 3.8) is 0 Å². The van der Waals surface area contributed by atoms with Crippen molar-refractivity contribution in [3.8, 4) is 0 Å².